The molecule has 2 heterocycles. The van der Waals surface area contributed by atoms with E-state index in [0.717, 1.165) is 32.5 Å². The van der Waals surface area contributed by atoms with Gasteiger partial charge >= 0.3 is 21.3 Å². The number of ether oxygens (including phenoxy) is 1. The molecule has 5 N–H and O–H groups in total. The van der Waals surface area contributed by atoms with Crippen LogP contribution in [0.5, 0.6) is 0 Å². The van der Waals surface area contributed by atoms with E-state index in [1.54, 1.807) is 0 Å². The lowest BCUT2D eigenvalue weighted by Crippen LogP contribution is -2.43. The summed E-state index contributed by atoms with van der Waals surface area (Å²) in [4.78, 5) is 51.9. The largest absolute Gasteiger partial charge is 0.481 e. The second kappa shape index (κ2) is 10.3. The van der Waals surface area contributed by atoms with Crippen molar-refractivity contribution in [2.24, 2.45) is 0 Å². The first-order valence-electron chi connectivity index (χ1n) is 9.91. The van der Waals surface area contributed by atoms with Crippen molar-refractivity contribution in [3.8, 4) is 0 Å². The number of benzene rings is 1. The molecule has 188 valence electrons. The average molecular weight is 522 g/mol. The number of rotatable bonds is 9. The SMILES string of the molecule is Cc1ccccc1CCn1c(=O)ccn([C@@H]2O[C@H](COP(=O)(O)OP(=O)(O)O)C(O)C2O)c1=O. The lowest BCUT2D eigenvalue weighted by molar-refractivity contribution is -0.0548. The predicted molar refractivity (Wildman–Crippen MR) is 115 cm³/mol. The van der Waals surface area contributed by atoms with Crippen molar-refractivity contribution in [2.45, 2.75) is 44.4 Å². The fourth-order valence-electron chi connectivity index (χ4n) is 3.48. The van der Waals surface area contributed by atoms with Crippen LogP contribution in [0.2, 0.25) is 0 Å². The first-order valence-corrected chi connectivity index (χ1v) is 12.9. The fraction of sp³-hybridized carbons (Fsp3) is 0.444. The van der Waals surface area contributed by atoms with E-state index in [-0.39, 0.29) is 6.54 Å². The number of phosphoric ester groups is 1. The summed E-state index contributed by atoms with van der Waals surface area (Å²) >= 11 is 0. The number of aliphatic hydroxyl groups excluding tert-OH is 2. The van der Waals surface area contributed by atoms with Crippen LogP contribution in [-0.2, 0) is 35.7 Å². The molecule has 1 aromatic carbocycles. The van der Waals surface area contributed by atoms with Crippen LogP contribution in [0, 0.1) is 6.92 Å². The maximum atomic E-state index is 12.9. The highest BCUT2D eigenvalue weighted by atomic mass is 31.3. The molecule has 1 aromatic heterocycles. The van der Waals surface area contributed by atoms with Crippen molar-refractivity contribution in [3.63, 3.8) is 0 Å². The summed E-state index contributed by atoms with van der Waals surface area (Å²) in [6, 6.07) is 8.53. The molecule has 1 fully saturated rings. The Balaban J connectivity index is 1.76. The van der Waals surface area contributed by atoms with Crippen LogP contribution in [0.15, 0.2) is 46.1 Å². The molecule has 5 atom stereocenters. The summed E-state index contributed by atoms with van der Waals surface area (Å²) in [5.41, 5.74) is 0.506. The van der Waals surface area contributed by atoms with Crippen LogP contribution in [0.1, 0.15) is 17.4 Å². The number of aliphatic hydroxyl groups is 2. The van der Waals surface area contributed by atoms with Gasteiger partial charge in [-0.1, -0.05) is 24.3 Å². The van der Waals surface area contributed by atoms with E-state index in [2.05, 4.69) is 8.83 Å². The van der Waals surface area contributed by atoms with E-state index in [0.29, 0.717) is 6.42 Å². The zero-order valence-corrected chi connectivity index (χ0v) is 19.6. The zero-order chi connectivity index (χ0) is 25.3. The number of aryl methyl sites for hydroxylation is 2. The van der Waals surface area contributed by atoms with E-state index in [1.807, 2.05) is 31.2 Å². The van der Waals surface area contributed by atoms with Gasteiger partial charge in [0.1, 0.15) is 18.3 Å². The van der Waals surface area contributed by atoms with E-state index in [9.17, 15) is 33.8 Å². The highest BCUT2D eigenvalue weighted by molar-refractivity contribution is 7.60. The molecule has 0 bridgehead atoms. The molecule has 0 amide bonds. The van der Waals surface area contributed by atoms with Crippen molar-refractivity contribution < 1.29 is 47.6 Å². The minimum absolute atomic E-state index is 0.0364. The van der Waals surface area contributed by atoms with Crippen LogP contribution in [0.4, 0.5) is 0 Å². The molecule has 3 rings (SSSR count). The standard InChI is InChI=1S/C18H24N2O12P2/c1-11-4-2-3-5-12(11)6-8-19-14(21)7-9-20(18(19)24)17-16(23)15(22)13(31-17)10-30-34(28,29)32-33(25,26)27/h2-5,7,9,13,15-17,22-23H,6,8,10H2,1H3,(H,28,29)(H2,25,26,27)/t13-,15?,16?,17-/m1/s1. The normalized spacial score (nSPS) is 24.8. The lowest BCUT2D eigenvalue weighted by Gasteiger charge is -2.19. The molecule has 0 saturated carbocycles. The Morgan fingerprint density at radius 2 is 1.74 bits per heavy atom. The zero-order valence-electron chi connectivity index (χ0n) is 17.8. The third-order valence-electron chi connectivity index (χ3n) is 5.18. The molecule has 0 spiro atoms. The Morgan fingerprint density at radius 3 is 2.38 bits per heavy atom. The van der Waals surface area contributed by atoms with Crippen molar-refractivity contribution in [1.29, 1.82) is 0 Å². The summed E-state index contributed by atoms with van der Waals surface area (Å²) in [6.07, 6.45) is -4.91. The van der Waals surface area contributed by atoms with Gasteiger partial charge in [-0.3, -0.25) is 18.5 Å². The predicted octanol–water partition coefficient (Wildman–Crippen LogP) is -0.593. The highest BCUT2D eigenvalue weighted by Gasteiger charge is 2.46. The van der Waals surface area contributed by atoms with Gasteiger partial charge in [0.05, 0.1) is 6.61 Å². The maximum absolute atomic E-state index is 12.9. The minimum atomic E-state index is -5.35. The molecule has 3 unspecified atom stereocenters. The first-order chi connectivity index (χ1) is 15.8. The Hall–Kier alpha value is -1.96. The van der Waals surface area contributed by atoms with Crippen molar-refractivity contribution >= 4 is 15.6 Å². The molecular formula is C18H24N2O12P2. The molecule has 1 aliphatic heterocycles. The molecule has 16 heteroatoms. The van der Waals surface area contributed by atoms with Gasteiger partial charge in [0, 0.05) is 18.8 Å². The van der Waals surface area contributed by atoms with Crippen LogP contribution in [-0.4, -0.2) is 58.9 Å². The lowest BCUT2D eigenvalue weighted by atomic mass is 10.1. The molecule has 34 heavy (non-hydrogen) atoms. The fourth-order valence-corrected chi connectivity index (χ4v) is 5.08. The number of nitrogens with zero attached hydrogens (tertiary/aromatic N) is 2. The van der Waals surface area contributed by atoms with Crippen molar-refractivity contribution in [1.82, 2.24) is 9.13 Å². The van der Waals surface area contributed by atoms with E-state index >= 15 is 0 Å². The number of aromatic nitrogens is 2. The van der Waals surface area contributed by atoms with Crippen molar-refractivity contribution in [2.75, 3.05) is 6.61 Å². The Morgan fingerprint density at radius 1 is 1.06 bits per heavy atom. The monoisotopic (exact) mass is 522 g/mol. The van der Waals surface area contributed by atoms with Crippen LogP contribution in [0.3, 0.4) is 0 Å². The number of hydrogen-bond acceptors (Lipinski definition) is 9. The van der Waals surface area contributed by atoms with E-state index in [1.165, 1.54) is 0 Å². The Kier molecular flexibility index (Phi) is 8.10. The smallest absolute Gasteiger partial charge is 0.387 e. The van der Waals surface area contributed by atoms with E-state index in [4.69, 9.17) is 14.5 Å². The van der Waals surface area contributed by atoms with Gasteiger partial charge in [-0.2, -0.15) is 4.31 Å². The molecule has 0 radical (unpaired) electrons. The summed E-state index contributed by atoms with van der Waals surface area (Å²) < 4.78 is 37.6. The second-order valence-electron chi connectivity index (χ2n) is 7.55. The number of hydrogen-bond donors (Lipinski definition) is 5. The van der Waals surface area contributed by atoms with Crippen LogP contribution < -0.4 is 11.2 Å². The molecule has 0 aliphatic carbocycles. The first kappa shape index (κ1) is 26.6. The summed E-state index contributed by atoms with van der Waals surface area (Å²) in [5.74, 6) is 0. The topological polar surface area (TPSA) is 207 Å². The van der Waals surface area contributed by atoms with Crippen molar-refractivity contribution in [3.05, 3.63) is 68.5 Å². The Labute approximate surface area is 192 Å². The Bertz CT molecular complexity index is 1240. The van der Waals surface area contributed by atoms with Gasteiger partial charge in [-0.25, -0.2) is 13.9 Å². The molecule has 1 saturated heterocycles. The quantitative estimate of drug-likeness (QED) is 0.262. The highest BCUT2D eigenvalue weighted by Crippen LogP contribution is 2.57. The van der Waals surface area contributed by atoms with Gasteiger partial charge in [-0.15, -0.1) is 0 Å². The molecule has 2 aromatic rings. The van der Waals surface area contributed by atoms with Gasteiger partial charge in [0.2, 0.25) is 0 Å². The van der Waals surface area contributed by atoms with E-state index < -0.39 is 58.0 Å². The average Bonchev–Trinajstić information content (AvgIpc) is 3.00. The summed E-state index contributed by atoms with van der Waals surface area (Å²) in [6.45, 7) is 1.02. The summed E-state index contributed by atoms with van der Waals surface area (Å²) in [7, 11) is -10.6. The van der Waals surface area contributed by atoms with Gasteiger partial charge in [0.25, 0.3) is 5.56 Å². The van der Waals surface area contributed by atoms with Crippen LogP contribution >= 0.6 is 15.6 Å². The van der Waals surface area contributed by atoms with Crippen LogP contribution in [0.25, 0.3) is 0 Å². The van der Waals surface area contributed by atoms with Gasteiger partial charge in [0.15, 0.2) is 6.23 Å². The minimum Gasteiger partial charge on any atom is -0.387 e. The summed E-state index contributed by atoms with van der Waals surface area (Å²) in [5, 5.41) is 20.6. The van der Waals surface area contributed by atoms with Gasteiger partial charge < -0.3 is 29.6 Å². The molecular weight excluding hydrogens is 498 g/mol. The third-order valence-corrected chi connectivity index (χ3v) is 7.34. The number of phosphoric acid groups is 2. The maximum Gasteiger partial charge on any atom is 0.481 e. The molecule has 1 aliphatic rings. The second-order valence-corrected chi connectivity index (χ2v) is 10.4. The third kappa shape index (κ3) is 6.37. The van der Waals surface area contributed by atoms with Gasteiger partial charge in [-0.05, 0) is 24.5 Å². The molecule has 14 nitrogen and oxygen atoms in total.